The fraction of sp³-hybridized carbons (Fsp3) is 0.611. The number of piperidine rings is 1. The quantitative estimate of drug-likeness (QED) is 0.895. The van der Waals surface area contributed by atoms with E-state index in [2.05, 4.69) is 43.5 Å². The maximum atomic E-state index is 12.8. The Balaban J connectivity index is 2.18. The minimum atomic E-state index is -0.434. The molecule has 0 aliphatic carbocycles. The van der Waals surface area contributed by atoms with Crippen LogP contribution in [0.25, 0.3) is 0 Å². The molecule has 1 aliphatic rings. The molecule has 2 atom stereocenters. The molecule has 1 heterocycles. The Kier molecular flexibility index (Phi) is 4.72. The van der Waals surface area contributed by atoms with Crippen LogP contribution in [0.15, 0.2) is 30.3 Å². The van der Waals surface area contributed by atoms with Crippen molar-refractivity contribution in [2.45, 2.75) is 58.5 Å². The highest BCUT2D eigenvalue weighted by Gasteiger charge is 2.37. The summed E-state index contributed by atoms with van der Waals surface area (Å²) in [7, 11) is 0. The summed E-state index contributed by atoms with van der Waals surface area (Å²) in [6.07, 6.45) is 3.18. The summed E-state index contributed by atoms with van der Waals surface area (Å²) >= 11 is 0. The lowest BCUT2D eigenvalue weighted by molar-refractivity contribution is -0.129. The molecule has 2 rings (SSSR count). The molecule has 3 nitrogen and oxygen atoms in total. The smallest absolute Gasteiger partial charge is 0.240 e. The molecule has 1 saturated heterocycles. The van der Waals surface area contributed by atoms with Gasteiger partial charge in [0.05, 0.1) is 11.6 Å². The second-order valence-corrected chi connectivity index (χ2v) is 7.40. The predicted molar refractivity (Wildman–Crippen MR) is 87.0 cm³/mol. The molecule has 0 saturated carbocycles. The second-order valence-electron chi connectivity index (χ2n) is 7.40. The van der Waals surface area contributed by atoms with Gasteiger partial charge in [-0.2, -0.15) is 0 Å². The SMILES string of the molecule is CC1(C(=O)NC(c2ccccc2)C(C)(C)C)CCCCN1. The maximum absolute atomic E-state index is 12.8. The number of rotatable bonds is 3. The molecule has 1 fully saturated rings. The van der Waals surface area contributed by atoms with Crippen LogP contribution >= 0.6 is 0 Å². The molecule has 2 N–H and O–H groups in total. The number of carbonyl (C=O) groups excluding carboxylic acids is 1. The van der Waals surface area contributed by atoms with Gasteiger partial charge in [-0.25, -0.2) is 0 Å². The van der Waals surface area contributed by atoms with Crippen LogP contribution in [0.2, 0.25) is 0 Å². The first-order valence-corrected chi connectivity index (χ1v) is 7.94. The van der Waals surface area contributed by atoms with Crippen LogP contribution in [0.3, 0.4) is 0 Å². The molecule has 21 heavy (non-hydrogen) atoms. The van der Waals surface area contributed by atoms with E-state index in [-0.39, 0.29) is 17.4 Å². The zero-order valence-electron chi connectivity index (χ0n) is 13.7. The standard InChI is InChI=1S/C18H28N2O/c1-17(2,3)15(14-10-6-5-7-11-14)20-16(21)18(4)12-8-9-13-19-18/h5-7,10-11,15,19H,8-9,12-13H2,1-4H3,(H,20,21). The van der Waals surface area contributed by atoms with E-state index in [0.717, 1.165) is 31.4 Å². The highest BCUT2D eigenvalue weighted by atomic mass is 16.2. The Bertz CT molecular complexity index is 470. The van der Waals surface area contributed by atoms with Gasteiger partial charge in [0.2, 0.25) is 5.91 Å². The van der Waals surface area contributed by atoms with Crippen LogP contribution in [0.4, 0.5) is 0 Å². The van der Waals surface area contributed by atoms with Crippen molar-refractivity contribution >= 4 is 5.91 Å². The van der Waals surface area contributed by atoms with E-state index >= 15 is 0 Å². The molecule has 1 aromatic rings. The molecular weight excluding hydrogens is 260 g/mol. The van der Waals surface area contributed by atoms with Gasteiger partial charge in [0.25, 0.3) is 0 Å². The van der Waals surface area contributed by atoms with Crippen LogP contribution in [-0.2, 0) is 4.79 Å². The average molecular weight is 288 g/mol. The Morgan fingerprint density at radius 3 is 2.43 bits per heavy atom. The number of carbonyl (C=O) groups is 1. The van der Waals surface area contributed by atoms with Crippen molar-refractivity contribution in [1.82, 2.24) is 10.6 Å². The average Bonchev–Trinajstić information content (AvgIpc) is 2.45. The molecule has 0 aromatic heterocycles. The van der Waals surface area contributed by atoms with Gasteiger partial charge in [0.1, 0.15) is 0 Å². The van der Waals surface area contributed by atoms with E-state index in [1.165, 1.54) is 0 Å². The molecule has 1 aromatic carbocycles. The van der Waals surface area contributed by atoms with Crippen molar-refractivity contribution in [3.05, 3.63) is 35.9 Å². The summed E-state index contributed by atoms with van der Waals surface area (Å²) in [5.74, 6) is 0.117. The molecule has 0 bridgehead atoms. The number of benzene rings is 1. The molecule has 0 spiro atoms. The third-order valence-electron chi connectivity index (χ3n) is 4.39. The summed E-state index contributed by atoms with van der Waals surface area (Å²) in [5.41, 5.74) is 0.705. The molecule has 0 radical (unpaired) electrons. The van der Waals surface area contributed by atoms with Crippen molar-refractivity contribution in [2.24, 2.45) is 5.41 Å². The largest absolute Gasteiger partial charge is 0.347 e. The second kappa shape index (κ2) is 6.18. The number of nitrogens with one attached hydrogen (secondary N) is 2. The monoisotopic (exact) mass is 288 g/mol. The van der Waals surface area contributed by atoms with Gasteiger partial charge in [-0.15, -0.1) is 0 Å². The molecular formula is C18H28N2O. The Labute approximate surface area is 128 Å². The summed E-state index contributed by atoms with van der Waals surface area (Å²) in [6.45, 7) is 9.45. The molecule has 3 heteroatoms. The first kappa shape index (κ1) is 16.0. The van der Waals surface area contributed by atoms with Crippen LogP contribution < -0.4 is 10.6 Å². The van der Waals surface area contributed by atoms with Gasteiger partial charge >= 0.3 is 0 Å². The van der Waals surface area contributed by atoms with Gasteiger partial charge in [0.15, 0.2) is 0 Å². The molecule has 116 valence electrons. The minimum absolute atomic E-state index is 0.0201. The van der Waals surface area contributed by atoms with Crippen molar-refractivity contribution in [1.29, 1.82) is 0 Å². The highest BCUT2D eigenvalue weighted by Crippen LogP contribution is 2.33. The predicted octanol–water partition coefficient (Wildman–Crippen LogP) is 3.42. The first-order valence-electron chi connectivity index (χ1n) is 7.94. The third-order valence-corrected chi connectivity index (χ3v) is 4.39. The zero-order chi connectivity index (χ0) is 15.5. The number of hydrogen-bond acceptors (Lipinski definition) is 2. The van der Waals surface area contributed by atoms with E-state index in [1.54, 1.807) is 0 Å². The van der Waals surface area contributed by atoms with Crippen LogP contribution in [0.1, 0.15) is 58.6 Å². The van der Waals surface area contributed by atoms with Crippen molar-refractivity contribution in [3.63, 3.8) is 0 Å². The van der Waals surface area contributed by atoms with Gasteiger partial charge in [-0.1, -0.05) is 51.1 Å². The van der Waals surface area contributed by atoms with Gasteiger partial charge in [0, 0.05) is 0 Å². The lowest BCUT2D eigenvalue weighted by Gasteiger charge is -2.38. The Hall–Kier alpha value is -1.35. The fourth-order valence-corrected chi connectivity index (χ4v) is 2.99. The Morgan fingerprint density at radius 2 is 1.90 bits per heavy atom. The lowest BCUT2D eigenvalue weighted by Crippen LogP contribution is -2.58. The lowest BCUT2D eigenvalue weighted by atomic mass is 9.81. The highest BCUT2D eigenvalue weighted by molar-refractivity contribution is 5.86. The molecule has 1 aliphatic heterocycles. The first-order chi connectivity index (χ1) is 9.83. The van der Waals surface area contributed by atoms with E-state index in [9.17, 15) is 4.79 Å². The number of amides is 1. The minimum Gasteiger partial charge on any atom is -0.347 e. The van der Waals surface area contributed by atoms with Gasteiger partial charge < -0.3 is 10.6 Å². The van der Waals surface area contributed by atoms with Crippen molar-refractivity contribution < 1.29 is 4.79 Å². The van der Waals surface area contributed by atoms with E-state index in [0.29, 0.717) is 0 Å². The summed E-state index contributed by atoms with van der Waals surface area (Å²) in [5, 5.41) is 6.67. The summed E-state index contributed by atoms with van der Waals surface area (Å²) in [6, 6.07) is 10.3. The topological polar surface area (TPSA) is 41.1 Å². The number of hydrogen-bond donors (Lipinski definition) is 2. The third kappa shape index (κ3) is 3.85. The van der Waals surface area contributed by atoms with E-state index in [4.69, 9.17) is 0 Å². The van der Waals surface area contributed by atoms with Crippen LogP contribution in [-0.4, -0.2) is 18.0 Å². The normalized spacial score (nSPS) is 24.4. The molecule has 1 amide bonds. The zero-order valence-corrected chi connectivity index (χ0v) is 13.7. The van der Waals surface area contributed by atoms with Crippen molar-refractivity contribution in [2.75, 3.05) is 6.54 Å². The van der Waals surface area contributed by atoms with Gasteiger partial charge in [-0.3, -0.25) is 4.79 Å². The van der Waals surface area contributed by atoms with E-state index < -0.39 is 5.54 Å². The Morgan fingerprint density at radius 1 is 1.24 bits per heavy atom. The van der Waals surface area contributed by atoms with Crippen LogP contribution in [0.5, 0.6) is 0 Å². The summed E-state index contributed by atoms with van der Waals surface area (Å²) < 4.78 is 0. The molecule has 2 unspecified atom stereocenters. The maximum Gasteiger partial charge on any atom is 0.240 e. The van der Waals surface area contributed by atoms with Gasteiger partial charge in [-0.05, 0) is 43.7 Å². The van der Waals surface area contributed by atoms with Crippen molar-refractivity contribution in [3.8, 4) is 0 Å². The summed E-state index contributed by atoms with van der Waals surface area (Å²) in [4.78, 5) is 12.8. The fourth-order valence-electron chi connectivity index (χ4n) is 2.99. The van der Waals surface area contributed by atoms with E-state index in [1.807, 2.05) is 25.1 Å². The van der Waals surface area contributed by atoms with Crippen LogP contribution in [0, 0.1) is 5.41 Å².